The molecule has 0 spiro atoms. The van der Waals surface area contributed by atoms with E-state index in [9.17, 15) is 4.79 Å². The molecule has 4 heteroatoms. The summed E-state index contributed by atoms with van der Waals surface area (Å²) in [5.41, 5.74) is 1.05. The van der Waals surface area contributed by atoms with Crippen LogP contribution in [0.2, 0.25) is 0 Å². The van der Waals surface area contributed by atoms with Crippen molar-refractivity contribution in [3.8, 4) is 0 Å². The fourth-order valence-electron chi connectivity index (χ4n) is 1.52. The number of amides is 1. The number of hydrogen-bond acceptors (Lipinski definition) is 3. The van der Waals surface area contributed by atoms with Gasteiger partial charge >= 0.3 is 0 Å². The molecular formula is C12H19N3O. The minimum Gasteiger partial charge on any atom is -0.361 e. The van der Waals surface area contributed by atoms with Crippen molar-refractivity contribution in [2.45, 2.75) is 20.8 Å². The Labute approximate surface area is 96.7 Å². The maximum absolute atomic E-state index is 11.7. The maximum atomic E-state index is 11.7. The summed E-state index contributed by atoms with van der Waals surface area (Å²) in [5, 5.41) is 3.06. The largest absolute Gasteiger partial charge is 0.361 e. The van der Waals surface area contributed by atoms with Gasteiger partial charge in [0.15, 0.2) is 0 Å². The molecule has 0 aliphatic heterocycles. The van der Waals surface area contributed by atoms with Crippen LogP contribution in [0.15, 0.2) is 18.3 Å². The molecule has 0 unspecified atom stereocenters. The fraction of sp³-hybridized carbons (Fsp3) is 0.500. The predicted molar refractivity (Wildman–Crippen MR) is 65.4 cm³/mol. The zero-order valence-electron chi connectivity index (χ0n) is 10.2. The van der Waals surface area contributed by atoms with Crippen LogP contribution in [0.1, 0.15) is 19.4 Å². The molecule has 0 fully saturated rings. The van der Waals surface area contributed by atoms with Crippen molar-refractivity contribution in [1.29, 1.82) is 0 Å². The lowest BCUT2D eigenvalue weighted by Crippen LogP contribution is -2.35. The summed E-state index contributed by atoms with van der Waals surface area (Å²) in [6.45, 7) is 7.73. The van der Waals surface area contributed by atoms with Crippen molar-refractivity contribution >= 4 is 11.7 Å². The summed E-state index contributed by atoms with van der Waals surface area (Å²) in [7, 11) is 0. The van der Waals surface area contributed by atoms with Crippen molar-refractivity contribution in [2.75, 3.05) is 25.0 Å². The second-order valence-corrected chi connectivity index (χ2v) is 3.59. The summed E-state index contributed by atoms with van der Waals surface area (Å²) in [6.07, 6.45) is 1.72. The van der Waals surface area contributed by atoms with Crippen LogP contribution in [0.4, 0.5) is 5.82 Å². The number of carbonyl (C=O) groups is 1. The summed E-state index contributed by atoms with van der Waals surface area (Å²) in [5.74, 6) is 0.887. The van der Waals surface area contributed by atoms with Gasteiger partial charge in [-0.3, -0.25) is 4.79 Å². The van der Waals surface area contributed by atoms with Gasteiger partial charge in [-0.15, -0.1) is 0 Å². The molecule has 0 bridgehead atoms. The Morgan fingerprint density at radius 2 is 2.12 bits per heavy atom. The number of aromatic nitrogens is 1. The van der Waals surface area contributed by atoms with E-state index >= 15 is 0 Å². The number of hydrogen-bond donors (Lipinski definition) is 1. The highest BCUT2D eigenvalue weighted by Gasteiger charge is 2.09. The lowest BCUT2D eigenvalue weighted by atomic mass is 10.3. The monoisotopic (exact) mass is 221 g/mol. The summed E-state index contributed by atoms with van der Waals surface area (Å²) >= 11 is 0. The van der Waals surface area contributed by atoms with Gasteiger partial charge in [0.25, 0.3) is 0 Å². The molecule has 1 aromatic heterocycles. The molecule has 1 N–H and O–H groups in total. The smallest absolute Gasteiger partial charge is 0.241 e. The minimum atomic E-state index is 0.107. The molecule has 1 heterocycles. The molecule has 1 aromatic rings. The van der Waals surface area contributed by atoms with Crippen LogP contribution in [0.5, 0.6) is 0 Å². The van der Waals surface area contributed by atoms with Crippen molar-refractivity contribution < 1.29 is 4.79 Å². The molecule has 0 aliphatic carbocycles. The Balaban J connectivity index is 2.52. The Hall–Kier alpha value is -1.58. The SMILES string of the molecule is CCN(CC)C(=O)CNc1ncccc1C. The Kier molecular flexibility index (Phi) is 4.76. The van der Waals surface area contributed by atoms with Crippen LogP contribution >= 0.6 is 0 Å². The standard InChI is InChI=1S/C12H19N3O/c1-4-15(5-2)11(16)9-14-12-10(3)7-6-8-13-12/h6-8H,4-5,9H2,1-3H3,(H,13,14). The first-order valence-corrected chi connectivity index (χ1v) is 5.62. The highest BCUT2D eigenvalue weighted by atomic mass is 16.2. The highest BCUT2D eigenvalue weighted by molar-refractivity contribution is 5.80. The third kappa shape index (κ3) is 3.22. The fourth-order valence-corrected chi connectivity index (χ4v) is 1.52. The molecule has 1 amide bonds. The molecule has 1 rings (SSSR count). The van der Waals surface area contributed by atoms with Crippen LogP contribution in [-0.4, -0.2) is 35.4 Å². The number of nitrogens with one attached hydrogen (secondary N) is 1. The van der Waals surface area contributed by atoms with Crippen LogP contribution in [0, 0.1) is 6.92 Å². The van der Waals surface area contributed by atoms with E-state index in [1.165, 1.54) is 0 Å². The lowest BCUT2D eigenvalue weighted by molar-refractivity contribution is -0.128. The van der Waals surface area contributed by atoms with Gasteiger partial charge in [0.1, 0.15) is 5.82 Å². The molecule has 16 heavy (non-hydrogen) atoms. The Bertz CT molecular complexity index is 348. The average molecular weight is 221 g/mol. The van der Waals surface area contributed by atoms with Gasteiger partial charge in [-0.05, 0) is 32.4 Å². The van der Waals surface area contributed by atoms with Gasteiger partial charge < -0.3 is 10.2 Å². The van der Waals surface area contributed by atoms with E-state index in [4.69, 9.17) is 0 Å². The van der Waals surface area contributed by atoms with Crippen LogP contribution in [-0.2, 0) is 4.79 Å². The van der Waals surface area contributed by atoms with Gasteiger partial charge in [0, 0.05) is 19.3 Å². The summed E-state index contributed by atoms with van der Waals surface area (Å²) < 4.78 is 0. The number of aryl methyl sites for hydroxylation is 1. The highest BCUT2D eigenvalue weighted by Crippen LogP contribution is 2.08. The van der Waals surface area contributed by atoms with E-state index in [1.807, 2.05) is 32.9 Å². The first kappa shape index (κ1) is 12.5. The number of anilines is 1. The maximum Gasteiger partial charge on any atom is 0.241 e. The van der Waals surface area contributed by atoms with Gasteiger partial charge in [-0.1, -0.05) is 6.07 Å². The van der Waals surface area contributed by atoms with Gasteiger partial charge in [-0.2, -0.15) is 0 Å². The lowest BCUT2D eigenvalue weighted by Gasteiger charge is -2.19. The predicted octanol–water partition coefficient (Wildman–Crippen LogP) is 1.67. The normalized spacial score (nSPS) is 9.94. The second-order valence-electron chi connectivity index (χ2n) is 3.59. The molecular weight excluding hydrogens is 202 g/mol. The molecule has 0 aliphatic rings. The quantitative estimate of drug-likeness (QED) is 0.822. The minimum absolute atomic E-state index is 0.107. The Morgan fingerprint density at radius 1 is 1.44 bits per heavy atom. The van der Waals surface area contributed by atoms with Gasteiger partial charge in [0.05, 0.1) is 6.54 Å². The van der Waals surface area contributed by atoms with E-state index < -0.39 is 0 Å². The first-order valence-electron chi connectivity index (χ1n) is 5.62. The van der Waals surface area contributed by atoms with Crippen molar-refractivity contribution in [3.63, 3.8) is 0 Å². The third-order valence-corrected chi connectivity index (χ3v) is 2.53. The molecule has 0 saturated heterocycles. The van der Waals surface area contributed by atoms with Gasteiger partial charge in [-0.25, -0.2) is 4.98 Å². The van der Waals surface area contributed by atoms with Crippen molar-refractivity contribution in [3.05, 3.63) is 23.9 Å². The van der Waals surface area contributed by atoms with E-state index in [0.29, 0.717) is 6.54 Å². The Morgan fingerprint density at radius 3 is 2.69 bits per heavy atom. The van der Waals surface area contributed by atoms with Gasteiger partial charge in [0.2, 0.25) is 5.91 Å². The third-order valence-electron chi connectivity index (χ3n) is 2.53. The summed E-state index contributed by atoms with van der Waals surface area (Å²) in [4.78, 5) is 17.7. The topological polar surface area (TPSA) is 45.2 Å². The zero-order chi connectivity index (χ0) is 12.0. The zero-order valence-corrected chi connectivity index (χ0v) is 10.2. The second kappa shape index (κ2) is 6.10. The molecule has 4 nitrogen and oxygen atoms in total. The average Bonchev–Trinajstić information content (AvgIpc) is 2.29. The molecule has 0 saturated carbocycles. The van der Waals surface area contributed by atoms with Crippen molar-refractivity contribution in [2.24, 2.45) is 0 Å². The van der Waals surface area contributed by atoms with Crippen molar-refractivity contribution in [1.82, 2.24) is 9.88 Å². The molecule has 0 aromatic carbocycles. The van der Waals surface area contributed by atoms with E-state index in [1.54, 1.807) is 11.1 Å². The number of rotatable bonds is 5. The number of nitrogens with zero attached hydrogens (tertiary/aromatic N) is 2. The molecule has 0 radical (unpaired) electrons. The summed E-state index contributed by atoms with van der Waals surface area (Å²) in [6, 6.07) is 3.85. The molecule has 0 atom stereocenters. The van der Waals surface area contributed by atoms with E-state index in [-0.39, 0.29) is 5.91 Å². The van der Waals surface area contributed by atoms with Crippen LogP contribution in [0.25, 0.3) is 0 Å². The van der Waals surface area contributed by atoms with Crippen LogP contribution in [0.3, 0.4) is 0 Å². The van der Waals surface area contributed by atoms with E-state index in [2.05, 4.69) is 10.3 Å². The van der Waals surface area contributed by atoms with Crippen LogP contribution < -0.4 is 5.32 Å². The number of carbonyl (C=O) groups excluding carboxylic acids is 1. The number of pyridine rings is 1. The first-order chi connectivity index (χ1) is 7.69. The van der Waals surface area contributed by atoms with E-state index in [0.717, 1.165) is 24.5 Å². The molecule has 88 valence electrons. The number of likely N-dealkylation sites (N-methyl/N-ethyl adjacent to an activating group) is 1.